The van der Waals surface area contributed by atoms with Crippen molar-refractivity contribution < 1.29 is 14.0 Å². The molecule has 1 aromatic carbocycles. The van der Waals surface area contributed by atoms with Gasteiger partial charge in [0, 0.05) is 18.9 Å². The van der Waals surface area contributed by atoms with E-state index in [-0.39, 0.29) is 23.2 Å². The van der Waals surface area contributed by atoms with Gasteiger partial charge in [-0.05, 0) is 23.7 Å². The van der Waals surface area contributed by atoms with Crippen LogP contribution in [0.15, 0.2) is 48.6 Å². The molecular weight excluding hydrogens is 328 g/mol. The van der Waals surface area contributed by atoms with E-state index in [1.807, 2.05) is 24.3 Å². The molecule has 0 N–H and O–H groups in total. The molecular formula is C21H30O3Si. The molecule has 1 aromatic rings. The molecule has 136 valence electrons. The van der Waals surface area contributed by atoms with Crippen molar-refractivity contribution in [2.24, 2.45) is 0 Å². The summed E-state index contributed by atoms with van der Waals surface area (Å²) in [6, 6.07) is 10.2. The second-order valence-corrected chi connectivity index (χ2v) is 12.9. The molecule has 0 aromatic heterocycles. The fourth-order valence-corrected chi connectivity index (χ4v) is 3.76. The molecule has 1 aliphatic heterocycles. The van der Waals surface area contributed by atoms with Crippen LogP contribution >= 0.6 is 0 Å². The maximum atomic E-state index is 11.5. The second kappa shape index (κ2) is 8.15. The van der Waals surface area contributed by atoms with E-state index in [0.29, 0.717) is 6.42 Å². The van der Waals surface area contributed by atoms with Crippen LogP contribution in [0.2, 0.25) is 18.1 Å². The molecule has 0 fully saturated rings. The highest BCUT2D eigenvalue weighted by molar-refractivity contribution is 6.74. The molecule has 0 radical (unpaired) electrons. The van der Waals surface area contributed by atoms with Crippen LogP contribution < -0.4 is 0 Å². The first-order valence-corrected chi connectivity index (χ1v) is 11.9. The molecule has 0 saturated carbocycles. The number of hydrogen-bond donors (Lipinski definition) is 0. The van der Waals surface area contributed by atoms with E-state index < -0.39 is 8.32 Å². The molecule has 0 spiro atoms. The molecule has 0 aliphatic carbocycles. The summed E-state index contributed by atoms with van der Waals surface area (Å²) in [5, 5.41) is 0.134. The zero-order chi connectivity index (χ0) is 18.5. The highest BCUT2D eigenvalue weighted by Crippen LogP contribution is 2.38. The maximum absolute atomic E-state index is 11.5. The molecule has 1 heterocycles. The van der Waals surface area contributed by atoms with Crippen molar-refractivity contribution in [3.63, 3.8) is 0 Å². The van der Waals surface area contributed by atoms with Crippen LogP contribution in [-0.2, 0) is 14.0 Å². The Bertz CT molecular complexity index is 626. The van der Waals surface area contributed by atoms with Crippen LogP contribution in [0.5, 0.6) is 0 Å². The van der Waals surface area contributed by atoms with Gasteiger partial charge in [-0.25, -0.2) is 4.79 Å². The van der Waals surface area contributed by atoms with Gasteiger partial charge in [0.2, 0.25) is 0 Å². The number of cyclic esters (lactones) is 1. The van der Waals surface area contributed by atoms with Gasteiger partial charge in [-0.2, -0.15) is 0 Å². The molecule has 0 unspecified atom stereocenters. The van der Waals surface area contributed by atoms with Crippen molar-refractivity contribution in [3.8, 4) is 0 Å². The number of hydrogen-bond acceptors (Lipinski definition) is 3. The van der Waals surface area contributed by atoms with E-state index >= 15 is 0 Å². The van der Waals surface area contributed by atoms with E-state index in [1.54, 1.807) is 0 Å². The summed E-state index contributed by atoms with van der Waals surface area (Å²) in [6.07, 6.45) is 8.85. The number of esters is 1. The zero-order valence-electron chi connectivity index (χ0n) is 16.0. The van der Waals surface area contributed by atoms with Crippen LogP contribution in [0.4, 0.5) is 0 Å². The summed E-state index contributed by atoms with van der Waals surface area (Å²) in [5.74, 6) is -0.255. The number of carbonyl (C=O) groups is 1. The third-order valence-electron chi connectivity index (χ3n) is 4.99. The first kappa shape index (κ1) is 19.7. The van der Waals surface area contributed by atoms with Gasteiger partial charge in [-0.3, -0.25) is 0 Å². The lowest BCUT2D eigenvalue weighted by molar-refractivity contribution is -0.145. The largest absolute Gasteiger partial charge is 0.459 e. The molecule has 0 bridgehead atoms. The van der Waals surface area contributed by atoms with Gasteiger partial charge < -0.3 is 9.16 Å². The lowest BCUT2D eigenvalue weighted by Crippen LogP contribution is -2.44. The van der Waals surface area contributed by atoms with Gasteiger partial charge in [0.05, 0.1) is 6.10 Å². The first-order valence-electron chi connectivity index (χ1n) is 8.95. The Morgan fingerprint density at radius 2 is 1.96 bits per heavy atom. The predicted molar refractivity (Wildman–Crippen MR) is 106 cm³/mol. The minimum absolute atomic E-state index is 0.0644. The summed E-state index contributed by atoms with van der Waals surface area (Å²) in [5.41, 5.74) is 1.15. The normalized spacial score (nSPS) is 19.9. The topological polar surface area (TPSA) is 35.5 Å². The SMILES string of the molecule is CC(C)(C)[Si](C)(C)O[C@H](/C=C/c1ccccc1)C[C@H]1CC=CC(=O)O1. The van der Waals surface area contributed by atoms with E-state index in [2.05, 4.69) is 58.2 Å². The van der Waals surface area contributed by atoms with E-state index in [4.69, 9.17) is 9.16 Å². The zero-order valence-corrected chi connectivity index (χ0v) is 17.0. The number of carbonyl (C=O) groups excluding carboxylic acids is 1. The standard InChI is InChI=1S/C21H30O3Si/c1-21(2,3)25(4,5)24-19(15-14-17-10-7-6-8-11-17)16-18-12-9-13-20(22)23-18/h6-11,13-15,18-19H,12,16H2,1-5H3/b15-14+/t18-,19-/m1/s1. The number of ether oxygens (including phenoxy) is 1. The van der Waals surface area contributed by atoms with Gasteiger partial charge in [0.1, 0.15) is 6.10 Å². The lowest BCUT2D eigenvalue weighted by atomic mass is 10.1. The van der Waals surface area contributed by atoms with E-state index in [1.165, 1.54) is 6.08 Å². The molecule has 3 nitrogen and oxygen atoms in total. The summed E-state index contributed by atoms with van der Waals surface area (Å²) < 4.78 is 12.0. The third kappa shape index (κ3) is 5.98. The summed E-state index contributed by atoms with van der Waals surface area (Å²) in [6.45, 7) is 11.2. The Kier molecular flexibility index (Phi) is 6.41. The van der Waals surface area contributed by atoms with Crippen LogP contribution in [0.3, 0.4) is 0 Å². The Balaban J connectivity index is 2.14. The average Bonchev–Trinajstić information content (AvgIpc) is 2.52. The van der Waals surface area contributed by atoms with Crippen molar-refractivity contribution in [2.75, 3.05) is 0 Å². The Hall–Kier alpha value is -1.65. The van der Waals surface area contributed by atoms with Gasteiger partial charge >= 0.3 is 5.97 Å². The second-order valence-electron chi connectivity index (χ2n) is 8.12. The quantitative estimate of drug-likeness (QED) is 0.508. The number of rotatable bonds is 6. The molecule has 1 aliphatic rings. The molecule has 0 saturated heterocycles. The fourth-order valence-electron chi connectivity index (χ4n) is 2.47. The molecule has 0 amide bonds. The highest BCUT2D eigenvalue weighted by Gasteiger charge is 2.39. The van der Waals surface area contributed by atoms with Gasteiger partial charge in [-0.1, -0.05) is 69.3 Å². The maximum Gasteiger partial charge on any atom is 0.330 e. The Labute approximate surface area is 152 Å². The summed E-state index contributed by atoms with van der Waals surface area (Å²) in [7, 11) is -1.92. The summed E-state index contributed by atoms with van der Waals surface area (Å²) in [4.78, 5) is 11.5. The molecule has 2 atom stereocenters. The molecule has 25 heavy (non-hydrogen) atoms. The highest BCUT2D eigenvalue weighted by atomic mass is 28.4. The van der Waals surface area contributed by atoms with Gasteiger partial charge in [0.15, 0.2) is 8.32 Å². The van der Waals surface area contributed by atoms with Gasteiger partial charge in [0.25, 0.3) is 0 Å². The van der Waals surface area contributed by atoms with Crippen LogP contribution in [0.1, 0.15) is 39.2 Å². The Morgan fingerprint density at radius 3 is 2.56 bits per heavy atom. The molecule has 4 heteroatoms. The monoisotopic (exact) mass is 358 g/mol. The van der Waals surface area contributed by atoms with E-state index in [9.17, 15) is 4.79 Å². The van der Waals surface area contributed by atoms with Crippen molar-refractivity contribution in [1.29, 1.82) is 0 Å². The van der Waals surface area contributed by atoms with Gasteiger partial charge in [-0.15, -0.1) is 0 Å². The van der Waals surface area contributed by atoms with Crippen molar-refractivity contribution in [2.45, 2.75) is 64.0 Å². The van der Waals surface area contributed by atoms with Crippen molar-refractivity contribution >= 4 is 20.4 Å². The van der Waals surface area contributed by atoms with Crippen LogP contribution in [0.25, 0.3) is 6.08 Å². The van der Waals surface area contributed by atoms with Crippen LogP contribution in [-0.4, -0.2) is 26.5 Å². The minimum Gasteiger partial charge on any atom is -0.459 e. The van der Waals surface area contributed by atoms with Crippen molar-refractivity contribution in [1.82, 2.24) is 0 Å². The van der Waals surface area contributed by atoms with E-state index in [0.717, 1.165) is 12.0 Å². The lowest BCUT2D eigenvalue weighted by Gasteiger charge is -2.39. The predicted octanol–water partition coefficient (Wildman–Crippen LogP) is 5.35. The smallest absolute Gasteiger partial charge is 0.330 e. The number of benzene rings is 1. The average molecular weight is 359 g/mol. The third-order valence-corrected chi connectivity index (χ3v) is 9.49. The molecule has 2 rings (SSSR count). The minimum atomic E-state index is -1.92. The Morgan fingerprint density at radius 1 is 1.28 bits per heavy atom. The fraction of sp³-hybridized carbons (Fsp3) is 0.476. The summed E-state index contributed by atoms with van der Waals surface area (Å²) >= 11 is 0. The van der Waals surface area contributed by atoms with Crippen LogP contribution in [0, 0.1) is 0 Å². The van der Waals surface area contributed by atoms with Crippen molar-refractivity contribution in [3.05, 3.63) is 54.1 Å². The first-order chi connectivity index (χ1) is 11.7.